The third kappa shape index (κ3) is 4.57. The fourth-order valence-corrected chi connectivity index (χ4v) is 3.06. The third-order valence-corrected chi connectivity index (χ3v) is 4.50. The highest BCUT2D eigenvalue weighted by Gasteiger charge is 2.42. The standard InChI is InChI=1S/C22H3F7N6/c23-20-13(1-11(4-30)19(16(20)9-35)12(5-31)6-32)14(7-33)10-2-17(21(24,25)26)15(8-34)18(3-10)22(27,28)29/h1-3H/b14-13+. The van der Waals surface area contributed by atoms with Crippen molar-refractivity contribution in [3.05, 3.63) is 67.8 Å². The Morgan fingerprint density at radius 1 is 0.657 bits per heavy atom. The van der Waals surface area contributed by atoms with Gasteiger partial charge in [-0.1, -0.05) is 0 Å². The van der Waals surface area contributed by atoms with Gasteiger partial charge >= 0.3 is 12.4 Å². The van der Waals surface area contributed by atoms with Gasteiger partial charge in [-0.15, -0.1) is 0 Å². The third-order valence-electron chi connectivity index (χ3n) is 4.50. The van der Waals surface area contributed by atoms with Crippen LogP contribution in [0.15, 0.2) is 18.2 Å². The molecule has 13 heteroatoms. The SMILES string of the molecule is N#CC(C#N)=c1c(C#N)c/c(=C(/C#N)c2cc(C(F)(F)F)c(C#N)c(C(F)(F)F)c2)c(F)c1C#N. The van der Waals surface area contributed by atoms with Crippen LogP contribution in [0.25, 0.3) is 11.1 Å². The Labute approximate surface area is 190 Å². The summed E-state index contributed by atoms with van der Waals surface area (Å²) in [5.41, 5.74) is -10.8. The van der Waals surface area contributed by atoms with E-state index >= 15 is 4.39 Å². The van der Waals surface area contributed by atoms with Gasteiger partial charge in [-0.05, 0) is 23.8 Å². The molecule has 0 bridgehead atoms. The Kier molecular flexibility index (Phi) is 6.84. The second-order valence-corrected chi connectivity index (χ2v) is 6.40. The van der Waals surface area contributed by atoms with Crippen molar-refractivity contribution in [3.8, 4) is 36.4 Å². The van der Waals surface area contributed by atoms with Crippen molar-refractivity contribution >= 4 is 11.1 Å². The summed E-state index contributed by atoms with van der Waals surface area (Å²) in [6, 6.07) is 8.03. The molecular weight excluding hydrogens is 481 g/mol. The van der Waals surface area contributed by atoms with Crippen molar-refractivity contribution in [1.82, 2.24) is 0 Å². The summed E-state index contributed by atoms with van der Waals surface area (Å²) in [4.78, 5) is 0. The molecular formula is C22H3F7N6. The molecule has 0 saturated carbocycles. The van der Waals surface area contributed by atoms with Gasteiger partial charge in [-0.2, -0.15) is 57.9 Å². The Morgan fingerprint density at radius 2 is 1.14 bits per heavy atom. The second kappa shape index (κ2) is 9.24. The van der Waals surface area contributed by atoms with Crippen LogP contribution in [-0.4, -0.2) is 0 Å². The highest BCUT2D eigenvalue weighted by molar-refractivity contribution is 5.80. The van der Waals surface area contributed by atoms with Crippen LogP contribution in [0, 0.1) is 73.8 Å². The molecule has 0 atom stereocenters. The van der Waals surface area contributed by atoms with Crippen LogP contribution in [0.1, 0.15) is 33.4 Å². The smallest absolute Gasteiger partial charge is 0.205 e. The maximum absolute atomic E-state index is 15.2. The van der Waals surface area contributed by atoms with Crippen molar-refractivity contribution in [1.29, 1.82) is 31.6 Å². The van der Waals surface area contributed by atoms with Crippen molar-refractivity contribution in [2.24, 2.45) is 0 Å². The molecule has 0 aliphatic rings. The van der Waals surface area contributed by atoms with Gasteiger partial charge in [0.2, 0.25) is 0 Å². The minimum absolute atomic E-state index is 0.0277. The molecule has 0 N–H and O–H groups in total. The summed E-state index contributed by atoms with van der Waals surface area (Å²) in [5.74, 6) is -1.67. The molecule has 2 aromatic carbocycles. The predicted molar refractivity (Wildman–Crippen MR) is 99.0 cm³/mol. The lowest BCUT2D eigenvalue weighted by molar-refractivity contribution is -0.143. The molecule has 2 rings (SSSR count). The minimum atomic E-state index is -5.48. The Hall–Kier alpha value is -5.37. The number of hydrogen-bond acceptors (Lipinski definition) is 6. The Bertz CT molecular complexity index is 1590. The van der Waals surface area contributed by atoms with E-state index in [-0.39, 0.29) is 12.1 Å². The molecule has 0 aliphatic carbocycles. The van der Waals surface area contributed by atoms with Crippen molar-refractivity contribution in [2.45, 2.75) is 12.4 Å². The zero-order valence-electron chi connectivity index (χ0n) is 16.6. The van der Waals surface area contributed by atoms with E-state index in [1.54, 1.807) is 0 Å². The predicted octanol–water partition coefficient (Wildman–Crippen LogP) is 3.40. The minimum Gasteiger partial charge on any atom is -0.205 e. The summed E-state index contributed by atoms with van der Waals surface area (Å²) >= 11 is 0. The molecule has 170 valence electrons. The largest absolute Gasteiger partial charge is 0.417 e. The Morgan fingerprint density at radius 3 is 1.49 bits per heavy atom. The fraction of sp³-hybridized carbons (Fsp3) is 0.0909. The number of halogens is 7. The number of benzene rings is 2. The van der Waals surface area contributed by atoms with Gasteiger partial charge in [0.1, 0.15) is 41.7 Å². The normalized spacial score (nSPS) is 11.6. The summed E-state index contributed by atoms with van der Waals surface area (Å²) in [5, 5.41) is 53.4. The van der Waals surface area contributed by atoms with E-state index < -0.39 is 73.1 Å². The molecule has 0 spiro atoms. The summed E-state index contributed by atoms with van der Waals surface area (Å²) in [6.45, 7) is 0. The lowest BCUT2D eigenvalue weighted by Gasteiger charge is -2.16. The number of rotatable bonds is 1. The van der Waals surface area contributed by atoms with Crippen LogP contribution in [0.2, 0.25) is 0 Å². The van der Waals surface area contributed by atoms with E-state index in [0.717, 1.165) is 6.07 Å². The fourth-order valence-electron chi connectivity index (χ4n) is 3.06. The van der Waals surface area contributed by atoms with Gasteiger partial charge in [0.05, 0.1) is 39.5 Å². The monoisotopic (exact) mass is 484 g/mol. The average Bonchev–Trinajstić information content (AvgIpc) is 2.79. The molecule has 0 saturated heterocycles. The van der Waals surface area contributed by atoms with E-state index in [0.29, 0.717) is 6.07 Å². The van der Waals surface area contributed by atoms with Crippen molar-refractivity contribution in [3.63, 3.8) is 0 Å². The van der Waals surface area contributed by atoms with Crippen LogP contribution in [-0.2, 0) is 12.4 Å². The zero-order valence-corrected chi connectivity index (χ0v) is 16.6. The quantitative estimate of drug-likeness (QED) is 0.568. The summed E-state index contributed by atoms with van der Waals surface area (Å²) in [6.07, 6.45) is -11.0. The first-order chi connectivity index (χ1) is 16.3. The van der Waals surface area contributed by atoms with Crippen LogP contribution in [0.3, 0.4) is 0 Å². The topological polar surface area (TPSA) is 143 Å². The maximum atomic E-state index is 15.2. The molecule has 0 heterocycles. The Balaban J connectivity index is 3.31. The summed E-state index contributed by atoms with van der Waals surface area (Å²) < 4.78 is 95.9. The van der Waals surface area contributed by atoms with E-state index in [9.17, 15) is 42.1 Å². The highest BCUT2D eigenvalue weighted by Crippen LogP contribution is 2.40. The maximum Gasteiger partial charge on any atom is 0.417 e. The number of nitrogens with zero attached hydrogens (tertiary/aromatic N) is 6. The van der Waals surface area contributed by atoms with Crippen LogP contribution in [0.5, 0.6) is 0 Å². The van der Waals surface area contributed by atoms with Crippen molar-refractivity contribution < 1.29 is 30.7 Å². The molecule has 0 unspecified atom stereocenters. The lowest BCUT2D eigenvalue weighted by Crippen LogP contribution is -2.26. The van der Waals surface area contributed by atoms with Crippen LogP contribution in [0.4, 0.5) is 30.7 Å². The van der Waals surface area contributed by atoms with E-state index in [1.807, 2.05) is 0 Å². The van der Waals surface area contributed by atoms with Gasteiger partial charge in [0, 0.05) is 10.4 Å². The molecule has 0 amide bonds. The highest BCUT2D eigenvalue weighted by atomic mass is 19.4. The summed E-state index contributed by atoms with van der Waals surface area (Å²) in [7, 11) is 0. The number of nitriles is 6. The molecule has 0 fully saturated rings. The lowest BCUT2D eigenvalue weighted by atomic mass is 9.92. The van der Waals surface area contributed by atoms with Crippen molar-refractivity contribution in [2.75, 3.05) is 0 Å². The van der Waals surface area contributed by atoms with Crippen LogP contribution < -0.4 is 10.4 Å². The molecule has 0 radical (unpaired) electrons. The van der Waals surface area contributed by atoms with E-state index in [4.69, 9.17) is 15.8 Å². The molecule has 2 aromatic rings. The van der Waals surface area contributed by atoms with Gasteiger partial charge in [-0.25, -0.2) is 4.39 Å². The van der Waals surface area contributed by atoms with Crippen LogP contribution >= 0.6 is 0 Å². The molecule has 0 aliphatic heterocycles. The van der Waals surface area contributed by atoms with Gasteiger partial charge in [-0.3, -0.25) is 0 Å². The first-order valence-electron chi connectivity index (χ1n) is 8.65. The number of hydrogen-bond donors (Lipinski definition) is 0. The molecule has 6 nitrogen and oxygen atoms in total. The number of alkyl halides is 6. The van der Waals surface area contributed by atoms with E-state index in [1.165, 1.54) is 30.3 Å². The first kappa shape index (κ1) is 25.9. The van der Waals surface area contributed by atoms with Gasteiger partial charge in [0.25, 0.3) is 0 Å². The van der Waals surface area contributed by atoms with Gasteiger partial charge < -0.3 is 0 Å². The first-order valence-corrected chi connectivity index (χ1v) is 8.65. The van der Waals surface area contributed by atoms with E-state index in [2.05, 4.69) is 0 Å². The zero-order chi connectivity index (χ0) is 26.7. The second-order valence-electron chi connectivity index (χ2n) is 6.40. The molecule has 0 aromatic heterocycles. The molecule has 35 heavy (non-hydrogen) atoms. The average molecular weight is 484 g/mol. The van der Waals surface area contributed by atoms with Gasteiger partial charge in [0.15, 0.2) is 0 Å².